The molecule has 7 heteroatoms. The number of nitrogens with zero attached hydrogens (tertiary/aromatic N) is 2. The van der Waals surface area contributed by atoms with Crippen molar-refractivity contribution in [2.75, 3.05) is 33.3 Å². The molecule has 4 nitrogen and oxygen atoms in total. The molecule has 114 valence electrons. The van der Waals surface area contributed by atoms with E-state index in [1.165, 1.54) is 4.90 Å². The minimum Gasteiger partial charge on any atom is -0.373 e. The Bertz CT molecular complexity index is 582. The predicted molar refractivity (Wildman–Crippen MR) is 68.4 cm³/mol. The summed E-state index contributed by atoms with van der Waals surface area (Å²) < 4.78 is 46.2. The lowest BCUT2D eigenvalue weighted by atomic mass is 10.1. The van der Waals surface area contributed by atoms with Gasteiger partial charge in [0, 0.05) is 19.6 Å². The zero-order chi connectivity index (χ0) is 15.1. The third kappa shape index (κ3) is 2.40. The summed E-state index contributed by atoms with van der Waals surface area (Å²) in [4.78, 5) is 15.7. The number of likely N-dealkylation sites (N-methyl/N-ethyl adjacent to an activating group) is 1. The minimum atomic E-state index is -1.44. The van der Waals surface area contributed by atoms with Crippen LogP contribution in [0.1, 0.15) is 10.4 Å². The number of carbonyl (C=O) groups is 1. The molecule has 0 saturated carbocycles. The van der Waals surface area contributed by atoms with Crippen molar-refractivity contribution in [2.24, 2.45) is 0 Å². The molecule has 21 heavy (non-hydrogen) atoms. The molecular formula is C14H15F3N2O2. The van der Waals surface area contributed by atoms with Crippen molar-refractivity contribution in [1.29, 1.82) is 0 Å². The Balaban J connectivity index is 1.86. The first-order chi connectivity index (χ1) is 9.99. The van der Waals surface area contributed by atoms with Gasteiger partial charge in [0.25, 0.3) is 5.91 Å². The summed E-state index contributed by atoms with van der Waals surface area (Å²) in [6.07, 6.45) is -0.174. The SMILES string of the molecule is CN1CCO[C@H]2CN(C(=O)c3c(F)ccc(F)c3F)C[C@H]21. The van der Waals surface area contributed by atoms with Crippen molar-refractivity contribution in [2.45, 2.75) is 12.1 Å². The van der Waals surface area contributed by atoms with Gasteiger partial charge in [-0.15, -0.1) is 0 Å². The molecule has 2 fully saturated rings. The third-order valence-corrected chi connectivity index (χ3v) is 4.12. The van der Waals surface area contributed by atoms with Crippen molar-refractivity contribution in [3.63, 3.8) is 0 Å². The van der Waals surface area contributed by atoms with Crippen LogP contribution in [0.3, 0.4) is 0 Å². The molecule has 2 aliphatic rings. The van der Waals surface area contributed by atoms with Crippen molar-refractivity contribution < 1.29 is 22.7 Å². The van der Waals surface area contributed by atoms with Gasteiger partial charge in [0.2, 0.25) is 0 Å². The molecular weight excluding hydrogens is 285 g/mol. The fourth-order valence-electron chi connectivity index (χ4n) is 2.90. The van der Waals surface area contributed by atoms with Gasteiger partial charge >= 0.3 is 0 Å². The second-order valence-corrected chi connectivity index (χ2v) is 5.39. The Morgan fingerprint density at radius 1 is 1.24 bits per heavy atom. The second-order valence-electron chi connectivity index (χ2n) is 5.39. The fourth-order valence-corrected chi connectivity index (χ4v) is 2.90. The van der Waals surface area contributed by atoms with Crippen LogP contribution < -0.4 is 0 Å². The minimum absolute atomic E-state index is 0.00221. The zero-order valence-electron chi connectivity index (χ0n) is 11.5. The molecule has 0 unspecified atom stereocenters. The Hall–Kier alpha value is -1.60. The van der Waals surface area contributed by atoms with Crippen molar-refractivity contribution in [3.8, 4) is 0 Å². The van der Waals surface area contributed by atoms with Crippen molar-refractivity contribution in [1.82, 2.24) is 9.80 Å². The van der Waals surface area contributed by atoms with E-state index in [-0.39, 0.29) is 18.7 Å². The Kier molecular flexibility index (Phi) is 3.62. The monoisotopic (exact) mass is 300 g/mol. The largest absolute Gasteiger partial charge is 0.373 e. The lowest BCUT2D eigenvalue weighted by molar-refractivity contribution is -0.0368. The smallest absolute Gasteiger partial charge is 0.260 e. The van der Waals surface area contributed by atoms with Crippen LogP contribution in [-0.4, -0.2) is 61.1 Å². The number of rotatable bonds is 1. The highest BCUT2D eigenvalue weighted by Gasteiger charge is 2.41. The summed E-state index contributed by atoms with van der Waals surface area (Å²) in [5.41, 5.74) is -0.837. The topological polar surface area (TPSA) is 32.8 Å². The van der Waals surface area contributed by atoms with Crippen LogP contribution in [0.2, 0.25) is 0 Å². The van der Waals surface area contributed by atoms with Gasteiger partial charge < -0.3 is 9.64 Å². The molecule has 0 aliphatic carbocycles. The molecule has 2 atom stereocenters. The summed E-state index contributed by atoms with van der Waals surface area (Å²) in [5, 5.41) is 0. The number of fused-ring (bicyclic) bond motifs is 1. The highest BCUT2D eigenvalue weighted by Crippen LogP contribution is 2.25. The van der Waals surface area contributed by atoms with E-state index in [2.05, 4.69) is 4.90 Å². The summed E-state index contributed by atoms with van der Waals surface area (Å²) in [7, 11) is 1.91. The highest BCUT2D eigenvalue weighted by atomic mass is 19.2. The molecule has 0 spiro atoms. The molecule has 1 aromatic rings. The maximum atomic E-state index is 13.7. The molecule has 0 N–H and O–H groups in total. The van der Waals surface area contributed by atoms with Crippen molar-refractivity contribution in [3.05, 3.63) is 35.1 Å². The van der Waals surface area contributed by atoms with Crippen LogP contribution in [0.5, 0.6) is 0 Å². The van der Waals surface area contributed by atoms with E-state index in [0.29, 0.717) is 19.2 Å². The van der Waals surface area contributed by atoms with E-state index in [4.69, 9.17) is 4.74 Å². The Labute approximate surface area is 120 Å². The van der Waals surface area contributed by atoms with Gasteiger partial charge in [-0.2, -0.15) is 0 Å². The number of halogens is 3. The lowest BCUT2D eigenvalue weighted by Crippen LogP contribution is -2.48. The van der Waals surface area contributed by atoms with E-state index >= 15 is 0 Å². The molecule has 2 saturated heterocycles. The maximum Gasteiger partial charge on any atom is 0.260 e. The van der Waals surface area contributed by atoms with Gasteiger partial charge in [0.15, 0.2) is 11.6 Å². The van der Waals surface area contributed by atoms with Crippen molar-refractivity contribution >= 4 is 5.91 Å². The molecule has 0 bridgehead atoms. The number of benzene rings is 1. The first kappa shape index (κ1) is 14.3. The highest BCUT2D eigenvalue weighted by molar-refractivity contribution is 5.95. The van der Waals surface area contributed by atoms with E-state index in [9.17, 15) is 18.0 Å². The van der Waals surface area contributed by atoms with Crippen LogP contribution in [0.4, 0.5) is 13.2 Å². The number of carbonyl (C=O) groups excluding carboxylic acids is 1. The average Bonchev–Trinajstić information content (AvgIpc) is 2.89. The molecule has 0 aromatic heterocycles. The van der Waals surface area contributed by atoms with Gasteiger partial charge in [-0.3, -0.25) is 9.69 Å². The molecule has 3 rings (SSSR count). The van der Waals surface area contributed by atoms with E-state index in [0.717, 1.165) is 12.6 Å². The van der Waals surface area contributed by atoms with Gasteiger partial charge in [-0.05, 0) is 19.2 Å². The molecule has 2 heterocycles. The van der Waals surface area contributed by atoms with Crippen LogP contribution >= 0.6 is 0 Å². The quantitative estimate of drug-likeness (QED) is 0.732. The number of hydrogen-bond donors (Lipinski definition) is 0. The summed E-state index contributed by atoms with van der Waals surface area (Å²) in [5.74, 6) is -4.56. The standard InChI is InChI=1S/C14H15F3N2O2/c1-18-4-5-21-11-7-19(6-10(11)18)14(20)12-8(15)2-3-9(16)13(12)17/h2-3,10-11H,4-7H2,1H3/t10-,11+/m1/s1. The molecule has 2 aliphatic heterocycles. The molecule has 1 aromatic carbocycles. The second kappa shape index (κ2) is 5.31. The number of morpholine rings is 1. The maximum absolute atomic E-state index is 13.7. The van der Waals surface area contributed by atoms with Gasteiger partial charge in [0.05, 0.1) is 18.8 Å². The first-order valence-corrected chi connectivity index (χ1v) is 6.73. The fraction of sp³-hybridized carbons (Fsp3) is 0.500. The average molecular weight is 300 g/mol. The molecule has 0 radical (unpaired) electrons. The van der Waals surface area contributed by atoms with Gasteiger partial charge in [0.1, 0.15) is 11.4 Å². The number of likely N-dealkylation sites (tertiary alicyclic amines) is 1. The first-order valence-electron chi connectivity index (χ1n) is 6.73. The van der Waals surface area contributed by atoms with Crippen LogP contribution in [0, 0.1) is 17.5 Å². The van der Waals surface area contributed by atoms with Crippen LogP contribution in [0.25, 0.3) is 0 Å². The van der Waals surface area contributed by atoms with Crippen LogP contribution in [0.15, 0.2) is 12.1 Å². The normalized spacial score (nSPS) is 26.0. The third-order valence-electron chi connectivity index (χ3n) is 4.12. The lowest BCUT2D eigenvalue weighted by Gasteiger charge is -2.33. The van der Waals surface area contributed by atoms with Gasteiger partial charge in [-0.1, -0.05) is 0 Å². The van der Waals surface area contributed by atoms with E-state index in [1.807, 2.05) is 7.05 Å². The number of amides is 1. The Morgan fingerprint density at radius 2 is 1.95 bits per heavy atom. The molecule has 1 amide bonds. The van der Waals surface area contributed by atoms with E-state index in [1.54, 1.807) is 0 Å². The Morgan fingerprint density at radius 3 is 2.67 bits per heavy atom. The zero-order valence-corrected chi connectivity index (χ0v) is 11.5. The predicted octanol–water partition coefficient (Wildman–Crippen LogP) is 1.26. The van der Waals surface area contributed by atoms with Gasteiger partial charge in [-0.25, -0.2) is 13.2 Å². The summed E-state index contributed by atoms with van der Waals surface area (Å²) in [6.45, 7) is 1.87. The summed E-state index contributed by atoms with van der Waals surface area (Å²) >= 11 is 0. The van der Waals surface area contributed by atoms with E-state index < -0.39 is 28.9 Å². The van der Waals surface area contributed by atoms with Crippen LogP contribution in [-0.2, 0) is 4.74 Å². The summed E-state index contributed by atoms with van der Waals surface area (Å²) in [6, 6.07) is 1.43. The number of ether oxygens (including phenoxy) is 1. The number of hydrogen-bond acceptors (Lipinski definition) is 3.